The Hall–Kier alpha value is -2.94. The summed E-state index contributed by atoms with van der Waals surface area (Å²) in [5, 5.41) is 5.33. The summed E-state index contributed by atoms with van der Waals surface area (Å²) in [5.41, 5.74) is 0.822. The molecule has 1 saturated heterocycles. The molecule has 9 nitrogen and oxygen atoms in total. The Labute approximate surface area is 194 Å². The highest BCUT2D eigenvalue weighted by Gasteiger charge is 2.52. The summed E-state index contributed by atoms with van der Waals surface area (Å²) in [6.07, 6.45) is -1.26. The number of carbonyl (C=O) groups is 4. The highest BCUT2D eigenvalue weighted by molar-refractivity contribution is 5.96. The number of esters is 2. The van der Waals surface area contributed by atoms with Gasteiger partial charge >= 0.3 is 11.9 Å². The van der Waals surface area contributed by atoms with E-state index in [2.05, 4.69) is 10.6 Å². The van der Waals surface area contributed by atoms with Crippen molar-refractivity contribution in [2.24, 2.45) is 11.8 Å². The Balaban J connectivity index is 1.93. The summed E-state index contributed by atoms with van der Waals surface area (Å²) in [4.78, 5) is 49.8. The summed E-state index contributed by atoms with van der Waals surface area (Å²) >= 11 is 0. The second kappa shape index (κ2) is 12.3. The quantitative estimate of drug-likeness (QED) is 0.358. The minimum atomic E-state index is -1.01. The lowest BCUT2D eigenvalue weighted by Crippen LogP contribution is -2.53. The lowest BCUT2D eigenvalue weighted by molar-refractivity contribution is -0.147. The van der Waals surface area contributed by atoms with Crippen LogP contribution in [0, 0.1) is 11.8 Å². The van der Waals surface area contributed by atoms with Crippen LogP contribution >= 0.6 is 0 Å². The molecule has 0 saturated carbocycles. The van der Waals surface area contributed by atoms with E-state index in [0.29, 0.717) is 12.8 Å². The van der Waals surface area contributed by atoms with E-state index in [1.54, 1.807) is 0 Å². The van der Waals surface area contributed by atoms with E-state index < -0.39 is 48.0 Å². The number of rotatable bonds is 12. The van der Waals surface area contributed by atoms with Crippen LogP contribution in [-0.4, -0.2) is 55.2 Å². The number of hydrogen-bond donors (Lipinski definition) is 2. The van der Waals surface area contributed by atoms with Crippen molar-refractivity contribution in [2.75, 3.05) is 7.11 Å². The molecule has 0 spiro atoms. The SMILES string of the molecule is COC(=O)[C@@H](CC(C)C)NC(=O)[C@H](CC(C)C)NC(=O)[C@H]1O[C@@H]1C(=O)OCc1ccccc1. The second-order valence-electron chi connectivity index (χ2n) is 8.98. The minimum Gasteiger partial charge on any atom is -0.467 e. The van der Waals surface area contributed by atoms with Crippen molar-refractivity contribution in [1.29, 1.82) is 0 Å². The minimum absolute atomic E-state index is 0.0804. The second-order valence-corrected chi connectivity index (χ2v) is 8.98. The number of carbonyl (C=O) groups excluding carboxylic acids is 4. The van der Waals surface area contributed by atoms with Crippen LogP contribution in [0.4, 0.5) is 0 Å². The van der Waals surface area contributed by atoms with E-state index in [0.717, 1.165) is 5.56 Å². The van der Waals surface area contributed by atoms with E-state index in [1.807, 2.05) is 58.0 Å². The van der Waals surface area contributed by atoms with Gasteiger partial charge in [0.05, 0.1) is 7.11 Å². The Morgan fingerprint density at radius 2 is 1.52 bits per heavy atom. The molecular formula is C24H34N2O7. The number of nitrogens with one attached hydrogen (secondary N) is 2. The molecule has 1 heterocycles. The Kier molecular flexibility index (Phi) is 9.84. The largest absolute Gasteiger partial charge is 0.467 e. The Morgan fingerprint density at radius 1 is 0.909 bits per heavy atom. The molecule has 1 aliphatic rings. The zero-order valence-electron chi connectivity index (χ0n) is 19.8. The first-order valence-electron chi connectivity index (χ1n) is 11.2. The van der Waals surface area contributed by atoms with E-state index in [4.69, 9.17) is 14.2 Å². The maximum atomic E-state index is 12.9. The van der Waals surface area contributed by atoms with E-state index in [9.17, 15) is 19.2 Å². The first-order chi connectivity index (χ1) is 15.6. The van der Waals surface area contributed by atoms with Crippen molar-refractivity contribution in [3.05, 3.63) is 35.9 Å². The molecule has 9 heteroatoms. The van der Waals surface area contributed by atoms with Crippen LogP contribution < -0.4 is 10.6 Å². The van der Waals surface area contributed by atoms with E-state index >= 15 is 0 Å². The van der Waals surface area contributed by atoms with Crippen LogP contribution in [0.2, 0.25) is 0 Å². The van der Waals surface area contributed by atoms with Gasteiger partial charge in [-0.2, -0.15) is 0 Å². The fourth-order valence-corrected chi connectivity index (χ4v) is 3.36. The average molecular weight is 463 g/mol. The molecular weight excluding hydrogens is 428 g/mol. The van der Waals surface area contributed by atoms with Crippen molar-refractivity contribution in [2.45, 2.75) is 71.4 Å². The van der Waals surface area contributed by atoms with Gasteiger partial charge in [0.1, 0.15) is 18.7 Å². The first kappa shape index (κ1) is 26.3. The maximum Gasteiger partial charge on any atom is 0.338 e. The zero-order chi connectivity index (χ0) is 24.5. The summed E-state index contributed by atoms with van der Waals surface area (Å²) in [5.74, 6) is -2.00. The van der Waals surface area contributed by atoms with Crippen LogP contribution in [0.1, 0.15) is 46.1 Å². The summed E-state index contributed by atoms with van der Waals surface area (Å²) in [6, 6.07) is 7.46. The standard InChI is InChI=1S/C24H34N2O7/c1-14(2)11-17(21(27)26-18(12-15(3)4)23(29)31-5)25-22(28)19-20(33-19)24(30)32-13-16-9-7-6-8-10-16/h6-10,14-15,17-20H,11-13H2,1-5H3,(H,25,28)(H,26,27)/t17-,18+,19-,20-/m0/s1. The number of amides is 2. The van der Waals surface area contributed by atoms with Gasteiger partial charge in [-0.05, 0) is 30.2 Å². The predicted octanol–water partition coefficient (Wildman–Crippen LogP) is 1.73. The van der Waals surface area contributed by atoms with Gasteiger partial charge in [0.25, 0.3) is 5.91 Å². The summed E-state index contributed by atoms with van der Waals surface area (Å²) in [7, 11) is 1.26. The number of hydrogen-bond acceptors (Lipinski definition) is 7. The van der Waals surface area contributed by atoms with Gasteiger partial charge in [0, 0.05) is 0 Å². The number of benzene rings is 1. The molecule has 1 aliphatic heterocycles. The van der Waals surface area contributed by atoms with Gasteiger partial charge in [0.15, 0.2) is 12.2 Å². The highest BCUT2D eigenvalue weighted by Crippen LogP contribution is 2.24. The van der Waals surface area contributed by atoms with Crippen molar-refractivity contribution in [3.8, 4) is 0 Å². The van der Waals surface area contributed by atoms with Crippen LogP contribution in [-0.2, 0) is 40.0 Å². The molecule has 0 bridgehead atoms. The van der Waals surface area contributed by atoms with Crippen LogP contribution in [0.5, 0.6) is 0 Å². The van der Waals surface area contributed by atoms with E-state index in [1.165, 1.54) is 7.11 Å². The molecule has 2 amide bonds. The van der Waals surface area contributed by atoms with Crippen molar-refractivity contribution < 1.29 is 33.4 Å². The number of methoxy groups -OCH3 is 1. The van der Waals surface area contributed by atoms with Crippen LogP contribution in [0.15, 0.2) is 30.3 Å². The Morgan fingerprint density at radius 3 is 2.09 bits per heavy atom. The fourth-order valence-electron chi connectivity index (χ4n) is 3.36. The molecule has 1 aromatic rings. The normalized spacial score (nSPS) is 18.9. The molecule has 2 N–H and O–H groups in total. The summed E-state index contributed by atoms with van der Waals surface area (Å²) in [6.45, 7) is 7.76. The van der Waals surface area contributed by atoms with Gasteiger partial charge in [-0.25, -0.2) is 9.59 Å². The smallest absolute Gasteiger partial charge is 0.338 e. The molecule has 33 heavy (non-hydrogen) atoms. The third-order valence-corrected chi connectivity index (χ3v) is 5.06. The molecule has 0 aliphatic carbocycles. The lowest BCUT2D eigenvalue weighted by atomic mass is 10.0. The third-order valence-electron chi connectivity index (χ3n) is 5.06. The molecule has 0 aromatic heterocycles. The van der Waals surface area contributed by atoms with Crippen molar-refractivity contribution >= 4 is 23.8 Å². The molecule has 1 fully saturated rings. The predicted molar refractivity (Wildman–Crippen MR) is 120 cm³/mol. The molecule has 1 aromatic carbocycles. The molecule has 2 rings (SSSR count). The summed E-state index contributed by atoms with van der Waals surface area (Å²) < 4.78 is 15.2. The van der Waals surface area contributed by atoms with Gasteiger partial charge in [-0.1, -0.05) is 58.0 Å². The van der Waals surface area contributed by atoms with Gasteiger partial charge in [0.2, 0.25) is 5.91 Å². The third kappa shape index (κ3) is 8.49. The highest BCUT2D eigenvalue weighted by atomic mass is 16.6. The molecule has 0 unspecified atom stereocenters. The monoisotopic (exact) mass is 462 g/mol. The van der Waals surface area contributed by atoms with E-state index in [-0.39, 0.29) is 18.4 Å². The van der Waals surface area contributed by atoms with Crippen molar-refractivity contribution in [3.63, 3.8) is 0 Å². The maximum absolute atomic E-state index is 12.9. The van der Waals surface area contributed by atoms with Gasteiger partial charge in [-0.3, -0.25) is 9.59 Å². The molecule has 182 valence electrons. The first-order valence-corrected chi connectivity index (χ1v) is 11.2. The lowest BCUT2D eigenvalue weighted by Gasteiger charge is -2.24. The van der Waals surface area contributed by atoms with Crippen LogP contribution in [0.25, 0.3) is 0 Å². The van der Waals surface area contributed by atoms with Gasteiger partial charge in [-0.15, -0.1) is 0 Å². The topological polar surface area (TPSA) is 123 Å². The van der Waals surface area contributed by atoms with Crippen molar-refractivity contribution in [1.82, 2.24) is 10.6 Å². The number of ether oxygens (including phenoxy) is 3. The zero-order valence-corrected chi connectivity index (χ0v) is 19.8. The van der Waals surface area contributed by atoms with Crippen LogP contribution in [0.3, 0.4) is 0 Å². The molecule has 0 radical (unpaired) electrons. The number of epoxide rings is 1. The molecule has 4 atom stereocenters. The fraction of sp³-hybridized carbons (Fsp3) is 0.583. The average Bonchev–Trinajstić information content (AvgIpc) is 3.57. The Bertz CT molecular complexity index is 825. The van der Waals surface area contributed by atoms with Gasteiger partial charge < -0.3 is 24.8 Å².